The van der Waals surface area contributed by atoms with E-state index in [4.69, 9.17) is 15.2 Å². The molecule has 1 aromatic rings. The Morgan fingerprint density at radius 3 is 2.06 bits per heavy atom. The molecular weight excluding hydrogens is 202 g/mol. The van der Waals surface area contributed by atoms with Crippen molar-refractivity contribution in [2.45, 2.75) is 33.2 Å². The molecule has 0 aliphatic carbocycles. The minimum atomic E-state index is -0.424. The van der Waals surface area contributed by atoms with Gasteiger partial charge in [0.15, 0.2) is 0 Å². The van der Waals surface area contributed by atoms with Crippen LogP contribution in [0.5, 0.6) is 11.5 Å². The van der Waals surface area contributed by atoms with E-state index < -0.39 is 5.54 Å². The molecule has 16 heavy (non-hydrogen) atoms. The molecule has 1 rings (SSSR count). The van der Waals surface area contributed by atoms with Gasteiger partial charge in [0.05, 0.1) is 14.2 Å². The minimum absolute atomic E-state index is 0.424. The predicted molar refractivity (Wildman–Crippen MR) is 66.2 cm³/mol. The molecule has 1 aromatic carbocycles. The quantitative estimate of drug-likeness (QED) is 0.856. The van der Waals surface area contributed by atoms with Crippen molar-refractivity contribution < 1.29 is 9.47 Å². The van der Waals surface area contributed by atoms with Gasteiger partial charge in [0.2, 0.25) is 0 Å². The molecular formula is C13H21NO2. The van der Waals surface area contributed by atoms with Gasteiger partial charge in [-0.2, -0.15) is 0 Å². The molecule has 90 valence electrons. The number of hydrogen-bond donors (Lipinski definition) is 1. The predicted octanol–water partition coefficient (Wildman–Crippen LogP) is 2.51. The Labute approximate surface area is 97.6 Å². The Morgan fingerprint density at radius 2 is 1.69 bits per heavy atom. The van der Waals surface area contributed by atoms with Crippen LogP contribution in [0.2, 0.25) is 0 Å². The Bertz CT molecular complexity index is 392. The molecule has 0 aliphatic heterocycles. The smallest absolute Gasteiger partial charge is 0.130 e. The van der Waals surface area contributed by atoms with Crippen molar-refractivity contribution in [3.05, 3.63) is 22.8 Å². The fourth-order valence-electron chi connectivity index (χ4n) is 2.12. The van der Waals surface area contributed by atoms with Crippen molar-refractivity contribution in [3.63, 3.8) is 0 Å². The van der Waals surface area contributed by atoms with E-state index >= 15 is 0 Å². The van der Waals surface area contributed by atoms with Gasteiger partial charge in [-0.1, -0.05) is 0 Å². The SMILES string of the molecule is COc1cc(C)c(C(C)(C)N)c(OC)c1C. The molecule has 0 spiro atoms. The topological polar surface area (TPSA) is 44.5 Å². The zero-order valence-corrected chi connectivity index (χ0v) is 11.0. The van der Waals surface area contributed by atoms with Crippen molar-refractivity contribution in [1.29, 1.82) is 0 Å². The van der Waals surface area contributed by atoms with E-state index in [2.05, 4.69) is 0 Å². The van der Waals surface area contributed by atoms with E-state index in [-0.39, 0.29) is 0 Å². The van der Waals surface area contributed by atoms with Gasteiger partial charge in [-0.25, -0.2) is 0 Å². The maximum absolute atomic E-state index is 6.17. The third-order valence-corrected chi connectivity index (χ3v) is 2.75. The highest BCUT2D eigenvalue weighted by Gasteiger charge is 2.24. The average Bonchev–Trinajstić information content (AvgIpc) is 2.18. The molecule has 0 saturated carbocycles. The van der Waals surface area contributed by atoms with Crippen molar-refractivity contribution in [3.8, 4) is 11.5 Å². The average molecular weight is 223 g/mol. The van der Waals surface area contributed by atoms with Crippen LogP contribution in [0.25, 0.3) is 0 Å². The van der Waals surface area contributed by atoms with Crippen LogP contribution in [-0.4, -0.2) is 14.2 Å². The zero-order chi connectivity index (χ0) is 12.5. The number of ether oxygens (including phenoxy) is 2. The molecule has 0 fully saturated rings. The van der Waals surface area contributed by atoms with Gasteiger partial charge in [0, 0.05) is 16.7 Å². The van der Waals surface area contributed by atoms with E-state index in [9.17, 15) is 0 Å². The largest absolute Gasteiger partial charge is 0.496 e. The molecule has 2 N–H and O–H groups in total. The fourth-order valence-corrected chi connectivity index (χ4v) is 2.12. The number of aryl methyl sites for hydroxylation is 1. The first-order chi connectivity index (χ1) is 7.32. The van der Waals surface area contributed by atoms with Crippen LogP contribution in [0, 0.1) is 13.8 Å². The lowest BCUT2D eigenvalue weighted by molar-refractivity contribution is 0.374. The summed E-state index contributed by atoms with van der Waals surface area (Å²) in [7, 11) is 3.32. The zero-order valence-electron chi connectivity index (χ0n) is 11.0. The molecule has 0 radical (unpaired) electrons. The number of nitrogens with two attached hydrogens (primary N) is 1. The van der Waals surface area contributed by atoms with E-state index in [1.54, 1.807) is 14.2 Å². The van der Waals surface area contributed by atoms with Crippen LogP contribution in [0.3, 0.4) is 0 Å². The van der Waals surface area contributed by atoms with Crippen molar-refractivity contribution in [2.24, 2.45) is 5.73 Å². The molecule has 0 atom stereocenters. The number of rotatable bonds is 3. The Balaban J connectivity index is 3.56. The Morgan fingerprint density at radius 1 is 1.12 bits per heavy atom. The fraction of sp³-hybridized carbons (Fsp3) is 0.538. The molecule has 0 aliphatic rings. The van der Waals surface area contributed by atoms with Crippen molar-refractivity contribution >= 4 is 0 Å². The summed E-state index contributed by atoms with van der Waals surface area (Å²) in [6.07, 6.45) is 0. The maximum Gasteiger partial charge on any atom is 0.130 e. The maximum atomic E-state index is 6.17. The second-order valence-corrected chi connectivity index (χ2v) is 4.65. The van der Waals surface area contributed by atoms with Crippen LogP contribution in [0.4, 0.5) is 0 Å². The van der Waals surface area contributed by atoms with E-state index in [0.717, 1.165) is 28.2 Å². The lowest BCUT2D eigenvalue weighted by atomic mass is 9.88. The molecule has 3 nitrogen and oxygen atoms in total. The van der Waals surface area contributed by atoms with Gasteiger partial charge in [-0.05, 0) is 39.3 Å². The highest BCUT2D eigenvalue weighted by Crippen LogP contribution is 2.38. The molecule has 0 saturated heterocycles. The lowest BCUT2D eigenvalue weighted by Gasteiger charge is -2.26. The van der Waals surface area contributed by atoms with Crippen LogP contribution < -0.4 is 15.2 Å². The summed E-state index contributed by atoms with van der Waals surface area (Å²) in [6.45, 7) is 7.95. The molecule has 0 bridgehead atoms. The van der Waals surface area contributed by atoms with Crippen LogP contribution in [0.1, 0.15) is 30.5 Å². The molecule has 0 amide bonds. The summed E-state index contributed by atoms with van der Waals surface area (Å²) in [5, 5.41) is 0. The van der Waals surface area contributed by atoms with Crippen LogP contribution in [0.15, 0.2) is 6.07 Å². The van der Waals surface area contributed by atoms with Crippen molar-refractivity contribution in [2.75, 3.05) is 14.2 Å². The molecule has 0 heterocycles. The lowest BCUT2D eigenvalue weighted by Crippen LogP contribution is -2.30. The number of benzene rings is 1. The third-order valence-electron chi connectivity index (χ3n) is 2.75. The summed E-state index contributed by atoms with van der Waals surface area (Å²) < 4.78 is 10.8. The summed E-state index contributed by atoms with van der Waals surface area (Å²) in [5.74, 6) is 1.66. The van der Waals surface area contributed by atoms with Crippen LogP contribution >= 0.6 is 0 Å². The second-order valence-electron chi connectivity index (χ2n) is 4.65. The van der Waals surface area contributed by atoms with Crippen LogP contribution in [-0.2, 0) is 5.54 Å². The Hall–Kier alpha value is -1.22. The summed E-state index contributed by atoms with van der Waals surface area (Å²) in [6, 6.07) is 2.00. The number of hydrogen-bond acceptors (Lipinski definition) is 3. The first kappa shape index (κ1) is 12.8. The van der Waals surface area contributed by atoms with E-state index in [1.807, 2.05) is 33.8 Å². The summed E-state index contributed by atoms with van der Waals surface area (Å²) >= 11 is 0. The molecule has 3 heteroatoms. The first-order valence-corrected chi connectivity index (χ1v) is 5.34. The van der Waals surface area contributed by atoms with E-state index in [0.29, 0.717) is 0 Å². The van der Waals surface area contributed by atoms with Gasteiger partial charge < -0.3 is 15.2 Å². The van der Waals surface area contributed by atoms with Gasteiger partial charge in [-0.3, -0.25) is 0 Å². The first-order valence-electron chi connectivity index (χ1n) is 5.34. The molecule has 0 unspecified atom stereocenters. The summed E-state index contributed by atoms with van der Waals surface area (Å²) in [4.78, 5) is 0. The summed E-state index contributed by atoms with van der Waals surface area (Å²) in [5.41, 5.74) is 8.86. The van der Waals surface area contributed by atoms with E-state index in [1.165, 1.54) is 0 Å². The van der Waals surface area contributed by atoms with Gasteiger partial charge in [-0.15, -0.1) is 0 Å². The third kappa shape index (κ3) is 2.14. The van der Waals surface area contributed by atoms with Gasteiger partial charge >= 0.3 is 0 Å². The highest BCUT2D eigenvalue weighted by molar-refractivity contribution is 5.55. The Kier molecular flexibility index (Phi) is 3.48. The van der Waals surface area contributed by atoms with Crippen molar-refractivity contribution in [1.82, 2.24) is 0 Å². The standard InChI is InChI=1S/C13H21NO2/c1-8-7-10(15-5)9(2)12(16-6)11(8)13(3,4)14/h7H,14H2,1-6H3. The van der Waals surface area contributed by atoms with Gasteiger partial charge in [0.25, 0.3) is 0 Å². The van der Waals surface area contributed by atoms with Gasteiger partial charge in [0.1, 0.15) is 11.5 Å². The minimum Gasteiger partial charge on any atom is -0.496 e. The second kappa shape index (κ2) is 4.34. The number of methoxy groups -OCH3 is 2. The molecule has 0 aromatic heterocycles. The monoisotopic (exact) mass is 223 g/mol. The normalized spacial score (nSPS) is 11.4. The highest BCUT2D eigenvalue weighted by atomic mass is 16.5.